The summed E-state index contributed by atoms with van der Waals surface area (Å²) in [5, 5.41) is 4.14. The van der Waals surface area contributed by atoms with E-state index in [1.807, 2.05) is 48.8 Å². The highest BCUT2D eigenvalue weighted by Gasteiger charge is 2.21. The highest BCUT2D eigenvalue weighted by Crippen LogP contribution is 2.20. The molecule has 3 heterocycles. The van der Waals surface area contributed by atoms with Gasteiger partial charge in [-0.3, -0.25) is 9.88 Å². The SMILES string of the molecule is c1ccc(-c2nc(N3CCN(Cc4cccnc4)CC3)no2)cc1. The molecule has 0 saturated carbocycles. The third-order valence-electron chi connectivity index (χ3n) is 4.22. The average Bonchev–Trinajstić information content (AvgIpc) is 3.14. The van der Waals surface area contributed by atoms with E-state index < -0.39 is 0 Å². The first-order valence-electron chi connectivity index (χ1n) is 8.14. The Bertz CT molecular complexity index is 766. The lowest BCUT2D eigenvalue weighted by molar-refractivity contribution is 0.247. The quantitative estimate of drug-likeness (QED) is 0.736. The normalized spacial score (nSPS) is 15.6. The predicted molar refractivity (Wildman–Crippen MR) is 91.5 cm³/mol. The molecule has 1 aliphatic heterocycles. The smallest absolute Gasteiger partial charge is 0.266 e. The number of nitrogens with zero attached hydrogens (tertiary/aromatic N) is 5. The maximum Gasteiger partial charge on any atom is 0.266 e. The zero-order valence-corrected chi connectivity index (χ0v) is 13.4. The molecule has 1 fully saturated rings. The molecule has 0 N–H and O–H groups in total. The van der Waals surface area contributed by atoms with Gasteiger partial charge in [-0.05, 0) is 28.9 Å². The molecule has 0 atom stereocenters. The molecule has 3 aromatic rings. The molecular weight excluding hydrogens is 302 g/mol. The van der Waals surface area contributed by atoms with Gasteiger partial charge in [0.15, 0.2) is 0 Å². The van der Waals surface area contributed by atoms with Crippen LogP contribution in [0, 0.1) is 0 Å². The Kier molecular flexibility index (Phi) is 4.20. The summed E-state index contributed by atoms with van der Waals surface area (Å²) in [6.45, 7) is 4.68. The van der Waals surface area contributed by atoms with Crippen LogP contribution in [0.1, 0.15) is 5.56 Å². The second kappa shape index (κ2) is 6.80. The fraction of sp³-hybridized carbons (Fsp3) is 0.278. The van der Waals surface area contributed by atoms with E-state index in [2.05, 4.69) is 31.0 Å². The lowest BCUT2D eigenvalue weighted by Crippen LogP contribution is -2.46. The Balaban J connectivity index is 1.37. The van der Waals surface area contributed by atoms with Gasteiger partial charge in [0.2, 0.25) is 0 Å². The van der Waals surface area contributed by atoms with Gasteiger partial charge in [-0.2, -0.15) is 4.98 Å². The number of piperazine rings is 1. The molecule has 1 aromatic carbocycles. The molecule has 0 amide bonds. The highest BCUT2D eigenvalue weighted by atomic mass is 16.5. The fourth-order valence-electron chi connectivity index (χ4n) is 2.90. The van der Waals surface area contributed by atoms with Crippen LogP contribution < -0.4 is 4.90 Å². The second-order valence-corrected chi connectivity index (χ2v) is 5.89. The summed E-state index contributed by atoms with van der Waals surface area (Å²) in [5.74, 6) is 1.25. The minimum absolute atomic E-state index is 0.573. The molecule has 0 bridgehead atoms. The topological polar surface area (TPSA) is 58.3 Å². The van der Waals surface area contributed by atoms with E-state index in [0.717, 1.165) is 38.3 Å². The monoisotopic (exact) mass is 321 g/mol. The zero-order chi connectivity index (χ0) is 16.2. The molecule has 2 aromatic heterocycles. The maximum atomic E-state index is 5.40. The Morgan fingerprint density at radius 1 is 0.958 bits per heavy atom. The van der Waals surface area contributed by atoms with Crippen LogP contribution in [0.2, 0.25) is 0 Å². The van der Waals surface area contributed by atoms with E-state index in [9.17, 15) is 0 Å². The molecule has 0 aliphatic carbocycles. The van der Waals surface area contributed by atoms with Crippen LogP contribution in [-0.2, 0) is 6.54 Å². The first-order valence-corrected chi connectivity index (χ1v) is 8.14. The fourth-order valence-corrected chi connectivity index (χ4v) is 2.90. The number of hydrogen-bond donors (Lipinski definition) is 0. The van der Waals surface area contributed by atoms with E-state index in [1.54, 1.807) is 0 Å². The number of anilines is 1. The van der Waals surface area contributed by atoms with Gasteiger partial charge < -0.3 is 9.42 Å². The van der Waals surface area contributed by atoms with Crippen molar-refractivity contribution in [2.24, 2.45) is 0 Å². The molecule has 6 nitrogen and oxygen atoms in total. The van der Waals surface area contributed by atoms with E-state index in [-0.39, 0.29) is 0 Å². The van der Waals surface area contributed by atoms with Crippen molar-refractivity contribution in [1.82, 2.24) is 20.0 Å². The largest absolute Gasteiger partial charge is 0.336 e. The van der Waals surface area contributed by atoms with Crippen molar-refractivity contribution in [2.45, 2.75) is 6.54 Å². The van der Waals surface area contributed by atoms with Crippen LogP contribution >= 0.6 is 0 Å². The van der Waals surface area contributed by atoms with E-state index in [1.165, 1.54) is 5.56 Å². The van der Waals surface area contributed by atoms with E-state index in [4.69, 9.17) is 4.52 Å². The standard InChI is InChI=1S/C18H19N5O/c1-2-6-16(7-3-1)17-20-18(21-24-17)23-11-9-22(10-12-23)14-15-5-4-8-19-13-15/h1-8,13H,9-12,14H2. The second-order valence-electron chi connectivity index (χ2n) is 5.89. The molecule has 24 heavy (non-hydrogen) atoms. The van der Waals surface area contributed by atoms with Crippen LogP contribution in [0.3, 0.4) is 0 Å². The lowest BCUT2D eigenvalue weighted by Gasteiger charge is -2.33. The molecule has 122 valence electrons. The third-order valence-corrected chi connectivity index (χ3v) is 4.22. The molecule has 1 saturated heterocycles. The summed E-state index contributed by atoms with van der Waals surface area (Å²) in [6, 6.07) is 14.0. The minimum Gasteiger partial charge on any atom is -0.336 e. The first-order chi connectivity index (χ1) is 11.9. The van der Waals surface area contributed by atoms with Crippen LogP contribution in [0.15, 0.2) is 59.4 Å². The van der Waals surface area contributed by atoms with E-state index in [0.29, 0.717) is 11.8 Å². The van der Waals surface area contributed by atoms with Crippen molar-refractivity contribution >= 4 is 5.95 Å². The Morgan fingerprint density at radius 2 is 1.79 bits per heavy atom. The summed E-state index contributed by atoms with van der Waals surface area (Å²) >= 11 is 0. The number of rotatable bonds is 4. The summed E-state index contributed by atoms with van der Waals surface area (Å²) in [5.41, 5.74) is 2.20. The van der Waals surface area contributed by atoms with Gasteiger partial charge in [0.1, 0.15) is 0 Å². The van der Waals surface area contributed by atoms with Gasteiger partial charge in [0.25, 0.3) is 11.8 Å². The summed E-state index contributed by atoms with van der Waals surface area (Å²) < 4.78 is 5.40. The molecular formula is C18H19N5O. The van der Waals surface area contributed by atoms with Gasteiger partial charge >= 0.3 is 0 Å². The number of benzene rings is 1. The molecule has 4 rings (SSSR count). The molecule has 1 aliphatic rings. The molecule has 0 radical (unpaired) electrons. The van der Waals surface area contributed by atoms with Crippen molar-refractivity contribution in [3.8, 4) is 11.5 Å². The lowest BCUT2D eigenvalue weighted by atomic mass is 10.2. The van der Waals surface area contributed by atoms with E-state index >= 15 is 0 Å². The molecule has 0 spiro atoms. The van der Waals surface area contributed by atoms with Crippen molar-refractivity contribution < 1.29 is 4.52 Å². The van der Waals surface area contributed by atoms with Gasteiger partial charge in [0, 0.05) is 50.7 Å². The van der Waals surface area contributed by atoms with Crippen molar-refractivity contribution in [3.05, 3.63) is 60.4 Å². The Hall–Kier alpha value is -2.73. The third kappa shape index (κ3) is 3.28. The van der Waals surface area contributed by atoms with Crippen molar-refractivity contribution in [2.75, 3.05) is 31.1 Å². The summed E-state index contributed by atoms with van der Waals surface area (Å²) in [4.78, 5) is 13.3. The van der Waals surface area contributed by atoms with Gasteiger partial charge in [-0.1, -0.05) is 24.3 Å². The minimum atomic E-state index is 0.573. The maximum absolute atomic E-state index is 5.40. The van der Waals surface area contributed by atoms with Crippen LogP contribution in [0.25, 0.3) is 11.5 Å². The highest BCUT2D eigenvalue weighted by molar-refractivity contribution is 5.54. The van der Waals surface area contributed by atoms with Crippen molar-refractivity contribution in [3.63, 3.8) is 0 Å². The van der Waals surface area contributed by atoms with Crippen molar-refractivity contribution in [1.29, 1.82) is 0 Å². The Labute approximate surface area is 140 Å². The number of pyridine rings is 1. The summed E-state index contributed by atoms with van der Waals surface area (Å²) in [7, 11) is 0. The van der Waals surface area contributed by atoms with Gasteiger partial charge in [0.05, 0.1) is 0 Å². The number of hydrogen-bond acceptors (Lipinski definition) is 6. The van der Waals surface area contributed by atoms with Gasteiger partial charge in [-0.15, -0.1) is 0 Å². The van der Waals surface area contributed by atoms with Gasteiger partial charge in [-0.25, -0.2) is 0 Å². The number of aromatic nitrogens is 3. The Morgan fingerprint density at radius 3 is 2.54 bits per heavy atom. The zero-order valence-electron chi connectivity index (χ0n) is 13.4. The molecule has 0 unspecified atom stereocenters. The predicted octanol–water partition coefficient (Wildman–Crippen LogP) is 2.45. The molecule has 6 heteroatoms. The summed E-state index contributed by atoms with van der Waals surface area (Å²) in [6.07, 6.45) is 3.74. The average molecular weight is 321 g/mol. The van der Waals surface area contributed by atoms with Crippen LogP contribution in [-0.4, -0.2) is 46.2 Å². The van der Waals surface area contributed by atoms with Crippen LogP contribution in [0.5, 0.6) is 0 Å². The van der Waals surface area contributed by atoms with Crippen LogP contribution in [0.4, 0.5) is 5.95 Å². The first kappa shape index (κ1) is 14.8.